The van der Waals surface area contributed by atoms with Gasteiger partial charge in [0, 0.05) is 11.1 Å². The number of aliphatic imine (C=N–C) groups is 2. The maximum absolute atomic E-state index is 6.23. The zero-order valence-electron chi connectivity index (χ0n) is 14.3. The number of nitrogens with two attached hydrogens (primary N) is 2. The number of nitrogens with zero attached hydrogens (tertiary/aromatic N) is 3. The van der Waals surface area contributed by atoms with E-state index in [9.17, 15) is 0 Å². The van der Waals surface area contributed by atoms with Crippen LogP contribution in [0.4, 0.5) is 5.69 Å². The molecule has 8 heteroatoms. The largest absolute Gasteiger partial charge is 0.493 e. The maximum Gasteiger partial charge on any atom is 0.220 e. The van der Waals surface area contributed by atoms with Crippen molar-refractivity contribution in [3.63, 3.8) is 0 Å². The van der Waals surface area contributed by atoms with Crippen molar-refractivity contribution in [2.24, 2.45) is 21.5 Å². The molecule has 0 saturated heterocycles. The molecule has 1 aliphatic rings. The summed E-state index contributed by atoms with van der Waals surface area (Å²) in [4.78, 5) is 10.2. The third-order valence-corrected chi connectivity index (χ3v) is 3.74. The van der Waals surface area contributed by atoms with E-state index in [2.05, 4.69) is 16.9 Å². The molecule has 1 heterocycles. The number of halogens is 2. The smallest absolute Gasteiger partial charge is 0.220 e. The Morgan fingerprint density at radius 1 is 1.21 bits per heavy atom. The lowest BCUT2D eigenvalue weighted by Crippen LogP contribution is -2.54. The van der Waals surface area contributed by atoms with Gasteiger partial charge in [-0.1, -0.05) is 31.4 Å². The molecule has 1 aromatic carbocycles. The molecule has 0 saturated carbocycles. The minimum Gasteiger partial charge on any atom is -0.493 e. The van der Waals surface area contributed by atoms with E-state index in [1.807, 2.05) is 26.0 Å². The third-order valence-electron chi connectivity index (χ3n) is 3.52. The first kappa shape index (κ1) is 20.4. The third kappa shape index (κ3) is 4.92. The molecule has 0 fully saturated rings. The van der Waals surface area contributed by atoms with E-state index in [1.54, 1.807) is 11.0 Å². The number of hydrogen-bond acceptors (Lipinski definition) is 6. The van der Waals surface area contributed by atoms with Gasteiger partial charge in [-0.25, -0.2) is 4.99 Å². The predicted molar refractivity (Wildman–Crippen MR) is 104 cm³/mol. The van der Waals surface area contributed by atoms with Crippen LogP contribution in [-0.2, 0) is 0 Å². The molecule has 0 bridgehead atoms. The highest BCUT2D eigenvalue weighted by Gasteiger charge is 2.33. The van der Waals surface area contributed by atoms with E-state index < -0.39 is 5.66 Å². The molecule has 0 spiro atoms. The van der Waals surface area contributed by atoms with E-state index in [0.29, 0.717) is 17.4 Å². The molecule has 0 amide bonds. The normalized spacial score (nSPS) is 16.1. The lowest BCUT2D eigenvalue weighted by molar-refractivity contribution is 0.306. The van der Waals surface area contributed by atoms with Crippen LogP contribution in [0.2, 0.25) is 5.02 Å². The number of ether oxygens (including phenoxy) is 1. The highest BCUT2D eigenvalue weighted by molar-refractivity contribution is 6.31. The lowest BCUT2D eigenvalue weighted by atomic mass is 10.1. The van der Waals surface area contributed by atoms with Crippen LogP contribution < -0.4 is 21.1 Å². The molecule has 1 aromatic rings. The van der Waals surface area contributed by atoms with E-state index in [0.717, 1.165) is 24.9 Å². The maximum atomic E-state index is 6.23. The quantitative estimate of drug-likeness (QED) is 0.746. The molecule has 0 atom stereocenters. The van der Waals surface area contributed by atoms with Crippen molar-refractivity contribution in [2.45, 2.75) is 45.7 Å². The summed E-state index contributed by atoms with van der Waals surface area (Å²) in [5, 5.41) is 0.569. The van der Waals surface area contributed by atoms with Gasteiger partial charge in [0.15, 0.2) is 0 Å². The topological polar surface area (TPSA) is 89.2 Å². The fourth-order valence-corrected chi connectivity index (χ4v) is 2.77. The summed E-state index contributed by atoms with van der Waals surface area (Å²) >= 11 is 6.23. The molecule has 1 aliphatic heterocycles. The number of anilines is 1. The van der Waals surface area contributed by atoms with Gasteiger partial charge in [0.25, 0.3) is 0 Å². The van der Waals surface area contributed by atoms with Crippen molar-refractivity contribution < 1.29 is 4.74 Å². The SMILES string of the molecule is CCCCCOc1cc(Cl)cc(N2C(N)=NC(N)=NC2(C)C)c1.Cl. The molecule has 2 rings (SSSR count). The minimum absolute atomic E-state index is 0. The van der Waals surface area contributed by atoms with Crippen LogP contribution in [0.15, 0.2) is 28.2 Å². The summed E-state index contributed by atoms with van der Waals surface area (Å²) in [5.41, 5.74) is 11.9. The number of guanidine groups is 2. The van der Waals surface area contributed by atoms with Crippen LogP contribution >= 0.6 is 24.0 Å². The van der Waals surface area contributed by atoms with Gasteiger partial charge in [0.2, 0.25) is 11.9 Å². The summed E-state index contributed by atoms with van der Waals surface area (Å²) < 4.78 is 5.79. The number of unbranched alkanes of at least 4 members (excludes halogenated alkanes) is 2. The molecule has 0 aliphatic carbocycles. The molecule has 24 heavy (non-hydrogen) atoms. The Hall–Kier alpha value is -1.66. The van der Waals surface area contributed by atoms with Crippen LogP contribution in [0, 0.1) is 0 Å². The zero-order chi connectivity index (χ0) is 17.0. The highest BCUT2D eigenvalue weighted by Crippen LogP contribution is 2.33. The first-order valence-electron chi connectivity index (χ1n) is 7.76. The molecule has 0 aromatic heterocycles. The highest BCUT2D eigenvalue weighted by atomic mass is 35.5. The first-order chi connectivity index (χ1) is 10.8. The fraction of sp³-hybridized carbons (Fsp3) is 0.500. The van der Waals surface area contributed by atoms with Gasteiger partial charge in [-0.3, -0.25) is 4.90 Å². The Balaban J connectivity index is 0.00000288. The van der Waals surface area contributed by atoms with E-state index in [-0.39, 0.29) is 24.3 Å². The molecular weight excluding hydrogens is 349 g/mol. The summed E-state index contributed by atoms with van der Waals surface area (Å²) in [7, 11) is 0. The summed E-state index contributed by atoms with van der Waals surface area (Å²) in [5.74, 6) is 1.15. The predicted octanol–water partition coefficient (Wildman–Crippen LogP) is 3.52. The van der Waals surface area contributed by atoms with Crippen molar-refractivity contribution in [2.75, 3.05) is 11.5 Å². The summed E-state index contributed by atoms with van der Waals surface area (Å²) in [6, 6.07) is 5.49. The Labute approximate surface area is 154 Å². The molecule has 6 nitrogen and oxygen atoms in total. The second kappa shape index (κ2) is 8.44. The first-order valence-corrected chi connectivity index (χ1v) is 8.14. The fourth-order valence-electron chi connectivity index (χ4n) is 2.55. The number of hydrogen-bond donors (Lipinski definition) is 2. The van der Waals surface area contributed by atoms with Crippen molar-refractivity contribution in [1.29, 1.82) is 0 Å². The van der Waals surface area contributed by atoms with Crippen molar-refractivity contribution in [3.8, 4) is 5.75 Å². The van der Waals surface area contributed by atoms with Crippen LogP contribution in [0.25, 0.3) is 0 Å². The second-order valence-electron chi connectivity index (χ2n) is 5.97. The summed E-state index contributed by atoms with van der Waals surface area (Å²) in [6.07, 6.45) is 3.30. The van der Waals surface area contributed by atoms with Crippen molar-refractivity contribution in [1.82, 2.24) is 0 Å². The van der Waals surface area contributed by atoms with Crippen LogP contribution in [0.1, 0.15) is 40.0 Å². The molecular formula is C16H25Cl2N5O. The summed E-state index contributed by atoms with van der Waals surface area (Å²) in [6.45, 7) is 6.63. The van der Waals surface area contributed by atoms with Gasteiger partial charge in [0.1, 0.15) is 11.4 Å². The zero-order valence-corrected chi connectivity index (χ0v) is 15.8. The van der Waals surface area contributed by atoms with Crippen molar-refractivity contribution in [3.05, 3.63) is 23.2 Å². The molecule has 0 unspecified atom stereocenters. The van der Waals surface area contributed by atoms with Crippen LogP contribution in [0.5, 0.6) is 5.75 Å². The molecule has 4 N–H and O–H groups in total. The monoisotopic (exact) mass is 373 g/mol. The van der Waals surface area contributed by atoms with E-state index in [1.165, 1.54) is 0 Å². The number of benzene rings is 1. The van der Waals surface area contributed by atoms with Gasteiger partial charge in [-0.2, -0.15) is 4.99 Å². The molecule has 134 valence electrons. The van der Waals surface area contributed by atoms with Gasteiger partial charge in [0.05, 0.1) is 12.3 Å². The Kier molecular flexibility index (Phi) is 7.17. The van der Waals surface area contributed by atoms with E-state index >= 15 is 0 Å². The Morgan fingerprint density at radius 2 is 1.92 bits per heavy atom. The van der Waals surface area contributed by atoms with Gasteiger partial charge in [-0.05, 0) is 32.4 Å². The molecule has 0 radical (unpaired) electrons. The average Bonchev–Trinajstić information content (AvgIpc) is 2.41. The van der Waals surface area contributed by atoms with Crippen molar-refractivity contribution >= 4 is 41.6 Å². The Bertz CT molecular complexity index is 631. The number of rotatable bonds is 6. The Morgan fingerprint density at radius 3 is 2.54 bits per heavy atom. The average molecular weight is 374 g/mol. The van der Waals surface area contributed by atoms with Crippen LogP contribution in [-0.4, -0.2) is 24.2 Å². The van der Waals surface area contributed by atoms with E-state index in [4.69, 9.17) is 27.8 Å². The standard InChI is InChI=1S/C16H24ClN5O.ClH/c1-4-5-6-7-23-13-9-11(17)8-12(10-13)22-15(19)20-14(18)21-16(22,2)3;/h8-10H,4-7H2,1-3H3,(H4,18,19,20,21);1H. The second-order valence-corrected chi connectivity index (χ2v) is 6.41. The van der Waals surface area contributed by atoms with Gasteiger partial charge < -0.3 is 16.2 Å². The lowest BCUT2D eigenvalue weighted by Gasteiger charge is -2.38. The van der Waals surface area contributed by atoms with Crippen LogP contribution in [0.3, 0.4) is 0 Å². The van der Waals surface area contributed by atoms with Gasteiger partial charge in [-0.15, -0.1) is 12.4 Å². The van der Waals surface area contributed by atoms with Gasteiger partial charge >= 0.3 is 0 Å². The minimum atomic E-state index is -0.653.